The van der Waals surface area contributed by atoms with Gasteiger partial charge in [0.05, 0.1) is 5.56 Å². The summed E-state index contributed by atoms with van der Waals surface area (Å²) in [6, 6.07) is 10.9. The van der Waals surface area contributed by atoms with Crippen molar-refractivity contribution in [2.24, 2.45) is 0 Å². The lowest BCUT2D eigenvalue weighted by atomic mass is 10.1. The van der Waals surface area contributed by atoms with E-state index in [-0.39, 0.29) is 11.3 Å². The van der Waals surface area contributed by atoms with Crippen molar-refractivity contribution in [2.75, 3.05) is 18.5 Å². The fourth-order valence-corrected chi connectivity index (χ4v) is 2.48. The maximum absolute atomic E-state index is 12.4. The van der Waals surface area contributed by atoms with Crippen LogP contribution >= 0.6 is 0 Å². The minimum Gasteiger partial charge on any atom is -0.454 e. The summed E-state index contributed by atoms with van der Waals surface area (Å²) in [4.78, 5) is 35.8. The minimum atomic E-state index is -3.09. The fourth-order valence-electron chi connectivity index (χ4n) is 2.48. The van der Waals surface area contributed by atoms with Crippen LogP contribution in [0.1, 0.15) is 21.5 Å². The Bertz CT molecular complexity index is 882. The molecule has 2 aromatic carbocycles. The van der Waals surface area contributed by atoms with Crippen molar-refractivity contribution >= 4 is 23.5 Å². The largest absolute Gasteiger partial charge is 0.454 e. The topological polar surface area (TPSA) is 93.7 Å². The summed E-state index contributed by atoms with van der Waals surface area (Å²) in [7, 11) is 0. The van der Waals surface area contributed by atoms with Gasteiger partial charge in [-0.3, -0.25) is 14.4 Å². The van der Waals surface area contributed by atoms with Crippen LogP contribution in [0.15, 0.2) is 42.5 Å². The van der Waals surface area contributed by atoms with Crippen LogP contribution in [0.25, 0.3) is 0 Å². The van der Waals surface area contributed by atoms with Gasteiger partial charge in [0.2, 0.25) is 0 Å². The van der Waals surface area contributed by atoms with E-state index in [1.54, 1.807) is 0 Å². The zero-order chi connectivity index (χ0) is 21.4. The average molecular weight is 406 g/mol. The zero-order valence-electron chi connectivity index (χ0n) is 15.8. The molecule has 0 saturated carbocycles. The highest BCUT2D eigenvalue weighted by Gasteiger charge is 2.17. The van der Waals surface area contributed by atoms with Gasteiger partial charge in [-0.05, 0) is 37.1 Å². The first-order valence-electron chi connectivity index (χ1n) is 8.61. The number of halogens is 2. The molecular formula is C20H20F2N2O5. The molecule has 154 valence electrons. The molecule has 2 aromatic rings. The molecule has 0 radical (unpaired) electrons. The van der Waals surface area contributed by atoms with E-state index in [0.29, 0.717) is 5.69 Å². The van der Waals surface area contributed by atoms with Crippen LogP contribution in [0.2, 0.25) is 0 Å². The van der Waals surface area contributed by atoms with Gasteiger partial charge in [0, 0.05) is 5.69 Å². The van der Waals surface area contributed by atoms with E-state index in [1.807, 2.05) is 32.0 Å². The number of anilines is 1. The lowest BCUT2D eigenvalue weighted by molar-refractivity contribution is -0.146. The van der Waals surface area contributed by atoms with E-state index in [9.17, 15) is 23.2 Å². The number of ether oxygens (including phenoxy) is 2. The van der Waals surface area contributed by atoms with Crippen LogP contribution in [-0.2, 0) is 14.3 Å². The number of amides is 2. The van der Waals surface area contributed by atoms with Crippen molar-refractivity contribution in [1.82, 2.24) is 5.32 Å². The van der Waals surface area contributed by atoms with Gasteiger partial charge in [0.25, 0.3) is 11.8 Å². The van der Waals surface area contributed by atoms with E-state index in [2.05, 4.69) is 15.4 Å². The number of carbonyl (C=O) groups excluding carboxylic acids is 3. The summed E-state index contributed by atoms with van der Waals surface area (Å²) in [5.41, 5.74) is 2.20. The second-order valence-electron chi connectivity index (χ2n) is 6.03. The van der Waals surface area contributed by atoms with Crippen LogP contribution in [0, 0.1) is 13.8 Å². The summed E-state index contributed by atoms with van der Waals surface area (Å²) >= 11 is 0. The highest BCUT2D eigenvalue weighted by Crippen LogP contribution is 2.20. The number of rotatable bonds is 8. The number of aryl methyl sites for hydroxylation is 2. The summed E-state index contributed by atoms with van der Waals surface area (Å²) in [5, 5.41) is 4.89. The molecule has 2 amide bonds. The molecule has 0 saturated heterocycles. The fraction of sp³-hybridized carbons (Fsp3) is 0.250. The molecule has 2 N–H and O–H groups in total. The second kappa shape index (κ2) is 10.2. The molecule has 0 fully saturated rings. The molecule has 0 spiro atoms. The Morgan fingerprint density at radius 3 is 2.31 bits per heavy atom. The van der Waals surface area contributed by atoms with Gasteiger partial charge in [-0.15, -0.1) is 0 Å². The van der Waals surface area contributed by atoms with Gasteiger partial charge in [-0.2, -0.15) is 8.78 Å². The first-order chi connectivity index (χ1) is 13.8. The molecule has 0 aromatic heterocycles. The first kappa shape index (κ1) is 21.8. The molecule has 0 atom stereocenters. The van der Waals surface area contributed by atoms with E-state index in [0.717, 1.165) is 11.1 Å². The predicted octanol–water partition coefficient (Wildman–Crippen LogP) is 2.82. The molecule has 0 aliphatic rings. The van der Waals surface area contributed by atoms with Crippen molar-refractivity contribution in [1.29, 1.82) is 0 Å². The summed E-state index contributed by atoms with van der Waals surface area (Å²) in [6.45, 7) is -0.504. The van der Waals surface area contributed by atoms with E-state index in [1.165, 1.54) is 24.3 Å². The SMILES string of the molecule is Cc1cccc(C)c1NC(=O)COC(=O)CNC(=O)c1ccccc1OC(F)F. The average Bonchev–Trinajstić information content (AvgIpc) is 2.67. The van der Waals surface area contributed by atoms with Crippen LogP contribution in [0.3, 0.4) is 0 Å². The highest BCUT2D eigenvalue weighted by atomic mass is 19.3. The maximum atomic E-state index is 12.4. The lowest BCUT2D eigenvalue weighted by Crippen LogP contribution is -2.32. The van der Waals surface area contributed by atoms with Crippen molar-refractivity contribution in [2.45, 2.75) is 20.5 Å². The number of nitrogens with one attached hydrogen (secondary N) is 2. The van der Waals surface area contributed by atoms with Gasteiger partial charge in [-0.25, -0.2) is 0 Å². The van der Waals surface area contributed by atoms with Gasteiger partial charge < -0.3 is 20.1 Å². The Balaban J connectivity index is 1.83. The lowest BCUT2D eigenvalue weighted by Gasteiger charge is -2.12. The Labute approximate surface area is 166 Å². The molecule has 29 heavy (non-hydrogen) atoms. The Morgan fingerprint density at radius 1 is 1.00 bits per heavy atom. The van der Waals surface area contributed by atoms with Crippen LogP contribution < -0.4 is 15.4 Å². The van der Waals surface area contributed by atoms with Gasteiger partial charge in [0.1, 0.15) is 12.3 Å². The van der Waals surface area contributed by atoms with Crippen molar-refractivity contribution in [3.8, 4) is 5.75 Å². The summed E-state index contributed by atoms with van der Waals surface area (Å²) in [5.74, 6) is -2.50. The third-order valence-electron chi connectivity index (χ3n) is 3.85. The van der Waals surface area contributed by atoms with E-state index < -0.39 is 37.5 Å². The van der Waals surface area contributed by atoms with E-state index in [4.69, 9.17) is 4.74 Å². The number of hydrogen-bond donors (Lipinski definition) is 2. The number of para-hydroxylation sites is 2. The number of esters is 1. The standard InChI is InChI=1S/C20H20F2N2O5/c1-12-6-5-7-13(2)18(12)24-16(25)11-28-17(26)10-23-19(27)14-8-3-4-9-15(14)29-20(21)22/h3-9,20H,10-11H2,1-2H3,(H,23,27)(H,24,25). The monoisotopic (exact) mass is 406 g/mol. The third kappa shape index (κ3) is 6.56. The number of benzene rings is 2. The van der Waals surface area contributed by atoms with Gasteiger partial charge in [0.15, 0.2) is 6.61 Å². The minimum absolute atomic E-state index is 0.159. The van der Waals surface area contributed by atoms with Crippen molar-refractivity contribution < 1.29 is 32.6 Å². The van der Waals surface area contributed by atoms with Gasteiger partial charge >= 0.3 is 12.6 Å². The summed E-state index contributed by atoms with van der Waals surface area (Å²) in [6.07, 6.45) is 0. The molecule has 0 heterocycles. The second-order valence-corrected chi connectivity index (χ2v) is 6.03. The van der Waals surface area contributed by atoms with Crippen LogP contribution in [-0.4, -0.2) is 37.5 Å². The quantitative estimate of drug-likeness (QED) is 0.658. The molecule has 0 aliphatic carbocycles. The van der Waals surface area contributed by atoms with Crippen molar-refractivity contribution in [3.05, 3.63) is 59.2 Å². The Kier molecular flexibility index (Phi) is 7.64. The Hall–Kier alpha value is -3.49. The predicted molar refractivity (Wildman–Crippen MR) is 101 cm³/mol. The first-order valence-corrected chi connectivity index (χ1v) is 8.61. The number of carbonyl (C=O) groups is 3. The third-order valence-corrected chi connectivity index (χ3v) is 3.85. The molecular weight excluding hydrogens is 386 g/mol. The Morgan fingerprint density at radius 2 is 1.66 bits per heavy atom. The smallest absolute Gasteiger partial charge is 0.387 e. The highest BCUT2D eigenvalue weighted by molar-refractivity contribution is 5.98. The van der Waals surface area contributed by atoms with E-state index >= 15 is 0 Å². The molecule has 0 bridgehead atoms. The zero-order valence-corrected chi connectivity index (χ0v) is 15.8. The number of hydrogen-bond acceptors (Lipinski definition) is 5. The molecule has 2 rings (SSSR count). The maximum Gasteiger partial charge on any atom is 0.387 e. The van der Waals surface area contributed by atoms with Crippen LogP contribution in [0.5, 0.6) is 5.75 Å². The van der Waals surface area contributed by atoms with Crippen LogP contribution in [0.4, 0.5) is 14.5 Å². The normalized spacial score (nSPS) is 10.4. The molecule has 0 aliphatic heterocycles. The van der Waals surface area contributed by atoms with Gasteiger partial charge in [-0.1, -0.05) is 30.3 Å². The molecule has 9 heteroatoms. The number of alkyl halides is 2. The van der Waals surface area contributed by atoms with Crippen molar-refractivity contribution in [3.63, 3.8) is 0 Å². The summed E-state index contributed by atoms with van der Waals surface area (Å²) < 4.78 is 33.9. The molecule has 0 unspecified atom stereocenters. The molecule has 7 nitrogen and oxygen atoms in total.